The molecular weight excluding hydrogens is 224 g/mol. The van der Waals surface area contributed by atoms with Gasteiger partial charge in [0.15, 0.2) is 6.29 Å². The van der Waals surface area contributed by atoms with Gasteiger partial charge in [-0.2, -0.15) is 0 Å². The van der Waals surface area contributed by atoms with E-state index in [1.54, 1.807) is 6.08 Å². The lowest BCUT2D eigenvalue weighted by Gasteiger charge is -2.32. The number of methoxy groups -OCH3 is 1. The average molecular weight is 244 g/mol. The molecule has 1 heterocycles. The standard InChI is InChI=1S/C12H20O5/c1-12(2,3)10-15-7-5-6-9(8-16-10)17-11(13)14-4/h5-6,9-10H,7-8H2,1-4H3/b6-5+. The monoisotopic (exact) mass is 244 g/mol. The van der Waals surface area contributed by atoms with Crippen LogP contribution in [0.25, 0.3) is 0 Å². The van der Waals surface area contributed by atoms with E-state index in [-0.39, 0.29) is 18.3 Å². The molecule has 0 aliphatic carbocycles. The molecule has 0 saturated carbocycles. The minimum Gasteiger partial charge on any atom is -0.438 e. The van der Waals surface area contributed by atoms with Gasteiger partial charge in [0.05, 0.1) is 20.3 Å². The Bertz CT molecular complexity index is 279. The van der Waals surface area contributed by atoms with Crippen LogP contribution in [-0.4, -0.2) is 38.9 Å². The second-order valence-corrected chi connectivity index (χ2v) is 4.90. The number of rotatable bonds is 1. The molecule has 0 aromatic carbocycles. The summed E-state index contributed by atoms with van der Waals surface area (Å²) in [7, 11) is 1.27. The Balaban J connectivity index is 2.56. The summed E-state index contributed by atoms with van der Waals surface area (Å²) in [5.41, 5.74) is -0.124. The Morgan fingerprint density at radius 1 is 1.35 bits per heavy atom. The van der Waals surface area contributed by atoms with Crippen LogP contribution in [0.2, 0.25) is 0 Å². The summed E-state index contributed by atoms with van der Waals surface area (Å²) in [6.45, 7) is 6.77. The van der Waals surface area contributed by atoms with Crippen molar-refractivity contribution in [3.05, 3.63) is 12.2 Å². The minimum atomic E-state index is -0.711. The van der Waals surface area contributed by atoms with Crippen LogP contribution in [0.5, 0.6) is 0 Å². The topological polar surface area (TPSA) is 54.0 Å². The number of carbonyl (C=O) groups is 1. The molecule has 5 nitrogen and oxygen atoms in total. The summed E-state index contributed by atoms with van der Waals surface area (Å²) < 4.78 is 20.6. The van der Waals surface area contributed by atoms with E-state index in [2.05, 4.69) is 4.74 Å². The average Bonchev–Trinajstić information content (AvgIpc) is 2.20. The zero-order valence-electron chi connectivity index (χ0n) is 10.8. The summed E-state index contributed by atoms with van der Waals surface area (Å²) in [6, 6.07) is 0. The fourth-order valence-corrected chi connectivity index (χ4v) is 1.38. The van der Waals surface area contributed by atoms with Gasteiger partial charge in [-0.1, -0.05) is 26.8 Å². The van der Waals surface area contributed by atoms with Gasteiger partial charge in [0.25, 0.3) is 0 Å². The van der Waals surface area contributed by atoms with Gasteiger partial charge in [0, 0.05) is 5.41 Å². The largest absolute Gasteiger partial charge is 0.508 e. The Labute approximate surface area is 102 Å². The third kappa shape index (κ3) is 4.75. The van der Waals surface area contributed by atoms with Crippen LogP contribution in [0.4, 0.5) is 4.79 Å². The van der Waals surface area contributed by atoms with Crippen LogP contribution < -0.4 is 0 Å². The number of hydrogen-bond acceptors (Lipinski definition) is 5. The second kappa shape index (κ2) is 6.02. The van der Waals surface area contributed by atoms with Crippen LogP contribution in [0.3, 0.4) is 0 Å². The van der Waals surface area contributed by atoms with Gasteiger partial charge in [0.2, 0.25) is 0 Å². The van der Waals surface area contributed by atoms with E-state index in [0.717, 1.165) is 0 Å². The predicted octanol–water partition coefficient (Wildman–Crippen LogP) is 2.11. The molecule has 2 unspecified atom stereocenters. The third-order valence-corrected chi connectivity index (χ3v) is 2.23. The molecule has 0 radical (unpaired) electrons. The maximum absolute atomic E-state index is 11.0. The zero-order valence-corrected chi connectivity index (χ0v) is 10.8. The molecule has 0 aromatic heterocycles. The van der Waals surface area contributed by atoms with Gasteiger partial charge >= 0.3 is 6.16 Å². The summed E-state index contributed by atoms with van der Waals surface area (Å²) in [5, 5.41) is 0. The summed E-state index contributed by atoms with van der Waals surface area (Å²) >= 11 is 0. The SMILES string of the molecule is COC(=O)OC1/C=C/COC(C(C)(C)C)OC1. The van der Waals surface area contributed by atoms with Crippen molar-refractivity contribution in [1.82, 2.24) is 0 Å². The van der Waals surface area contributed by atoms with E-state index in [1.165, 1.54) is 7.11 Å². The molecule has 1 aliphatic heterocycles. The highest BCUT2D eigenvalue weighted by molar-refractivity contribution is 5.60. The van der Waals surface area contributed by atoms with Crippen LogP contribution in [0.15, 0.2) is 12.2 Å². The summed E-state index contributed by atoms with van der Waals surface area (Å²) in [5.74, 6) is 0. The van der Waals surface area contributed by atoms with Gasteiger partial charge < -0.3 is 18.9 Å². The highest BCUT2D eigenvalue weighted by Gasteiger charge is 2.28. The lowest BCUT2D eigenvalue weighted by molar-refractivity contribution is -0.200. The molecule has 0 N–H and O–H groups in total. The lowest BCUT2D eigenvalue weighted by Crippen LogP contribution is -2.36. The van der Waals surface area contributed by atoms with Gasteiger partial charge in [0.1, 0.15) is 6.10 Å². The molecule has 0 fully saturated rings. The van der Waals surface area contributed by atoms with Crippen LogP contribution in [0, 0.1) is 5.41 Å². The quantitative estimate of drug-likeness (QED) is 0.522. The zero-order chi connectivity index (χ0) is 12.9. The van der Waals surface area contributed by atoms with Gasteiger partial charge in [-0.25, -0.2) is 4.79 Å². The van der Waals surface area contributed by atoms with Crippen molar-refractivity contribution in [2.24, 2.45) is 5.41 Å². The molecule has 2 atom stereocenters. The first-order valence-electron chi connectivity index (χ1n) is 5.58. The van der Waals surface area contributed by atoms with E-state index >= 15 is 0 Å². The molecule has 17 heavy (non-hydrogen) atoms. The van der Waals surface area contributed by atoms with Crippen molar-refractivity contribution in [1.29, 1.82) is 0 Å². The van der Waals surface area contributed by atoms with E-state index in [9.17, 15) is 4.79 Å². The van der Waals surface area contributed by atoms with E-state index in [1.807, 2.05) is 26.8 Å². The highest BCUT2D eigenvalue weighted by atomic mass is 16.7. The number of ether oxygens (including phenoxy) is 4. The Morgan fingerprint density at radius 2 is 2.06 bits per heavy atom. The fraction of sp³-hybridized carbons (Fsp3) is 0.750. The Hall–Kier alpha value is -1.07. The molecule has 1 rings (SSSR count). The molecule has 0 amide bonds. The van der Waals surface area contributed by atoms with Crippen LogP contribution >= 0.6 is 0 Å². The maximum Gasteiger partial charge on any atom is 0.508 e. The molecule has 98 valence electrons. The number of hydrogen-bond donors (Lipinski definition) is 0. The Kier molecular flexibility index (Phi) is 4.96. The second-order valence-electron chi connectivity index (χ2n) is 4.90. The van der Waals surface area contributed by atoms with Gasteiger partial charge in [-0.3, -0.25) is 0 Å². The van der Waals surface area contributed by atoms with Gasteiger partial charge in [-0.05, 0) is 6.08 Å². The molecular formula is C12H20O5. The third-order valence-electron chi connectivity index (χ3n) is 2.23. The predicted molar refractivity (Wildman–Crippen MR) is 61.6 cm³/mol. The van der Waals surface area contributed by atoms with E-state index in [0.29, 0.717) is 6.61 Å². The normalized spacial score (nSPS) is 27.8. The maximum atomic E-state index is 11.0. The highest BCUT2D eigenvalue weighted by Crippen LogP contribution is 2.24. The van der Waals surface area contributed by atoms with Crippen LogP contribution in [0.1, 0.15) is 20.8 Å². The molecule has 0 bridgehead atoms. The first-order valence-corrected chi connectivity index (χ1v) is 5.58. The molecule has 0 saturated heterocycles. The summed E-state index contributed by atoms with van der Waals surface area (Å²) in [4.78, 5) is 11.0. The van der Waals surface area contributed by atoms with Crippen molar-refractivity contribution in [2.75, 3.05) is 20.3 Å². The van der Waals surface area contributed by atoms with Crippen molar-refractivity contribution in [3.63, 3.8) is 0 Å². The van der Waals surface area contributed by atoms with E-state index in [4.69, 9.17) is 14.2 Å². The van der Waals surface area contributed by atoms with Crippen molar-refractivity contribution in [3.8, 4) is 0 Å². The molecule has 1 aliphatic rings. The first kappa shape index (κ1) is 14.0. The molecule has 0 aromatic rings. The van der Waals surface area contributed by atoms with E-state index < -0.39 is 12.3 Å². The van der Waals surface area contributed by atoms with Crippen molar-refractivity contribution < 1.29 is 23.7 Å². The van der Waals surface area contributed by atoms with Crippen LogP contribution in [-0.2, 0) is 18.9 Å². The first-order chi connectivity index (χ1) is 7.93. The fourth-order valence-electron chi connectivity index (χ4n) is 1.38. The summed E-state index contributed by atoms with van der Waals surface area (Å²) in [6.07, 6.45) is 2.08. The minimum absolute atomic E-state index is 0.124. The molecule has 5 heteroatoms. The molecule has 0 spiro atoms. The van der Waals surface area contributed by atoms with Crippen molar-refractivity contribution in [2.45, 2.75) is 33.2 Å². The number of carbonyl (C=O) groups excluding carboxylic acids is 1. The van der Waals surface area contributed by atoms with Crippen molar-refractivity contribution >= 4 is 6.16 Å². The smallest absolute Gasteiger partial charge is 0.438 e. The lowest BCUT2D eigenvalue weighted by atomic mass is 9.96. The Morgan fingerprint density at radius 3 is 2.65 bits per heavy atom. The van der Waals surface area contributed by atoms with Gasteiger partial charge in [-0.15, -0.1) is 0 Å².